The average Bonchev–Trinajstić information content (AvgIpc) is 2.88. The van der Waals surface area contributed by atoms with Crippen LogP contribution in [0.4, 0.5) is 5.82 Å². The fourth-order valence-electron chi connectivity index (χ4n) is 1.32. The number of nitrogens with one attached hydrogen (secondary N) is 1. The quantitative estimate of drug-likeness (QED) is 0.819. The van der Waals surface area contributed by atoms with Crippen LogP contribution in [0.2, 0.25) is 0 Å². The molecule has 70 valence electrons. The zero-order chi connectivity index (χ0) is 9.10. The third kappa shape index (κ3) is 2.99. The van der Waals surface area contributed by atoms with Crippen molar-refractivity contribution in [3.63, 3.8) is 0 Å². The number of pyridine rings is 1. The molecule has 0 bridgehead atoms. The van der Waals surface area contributed by atoms with E-state index < -0.39 is 0 Å². The monoisotopic (exact) mass is 240 g/mol. The summed E-state index contributed by atoms with van der Waals surface area (Å²) in [6.07, 6.45) is 4.13. The Morgan fingerprint density at radius 2 is 2.31 bits per heavy atom. The Bertz CT molecular complexity index is 284. The molecule has 1 aliphatic rings. The topological polar surface area (TPSA) is 24.9 Å². The van der Waals surface area contributed by atoms with Crippen molar-refractivity contribution in [1.29, 1.82) is 0 Å². The van der Waals surface area contributed by atoms with Gasteiger partial charge >= 0.3 is 0 Å². The second kappa shape index (κ2) is 4.09. The van der Waals surface area contributed by atoms with Crippen LogP contribution in [0.15, 0.2) is 22.8 Å². The molecule has 1 aromatic rings. The van der Waals surface area contributed by atoms with E-state index in [1.807, 2.05) is 18.2 Å². The third-order valence-electron chi connectivity index (χ3n) is 2.27. The summed E-state index contributed by atoms with van der Waals surface area (Å²) in [7, 11) is 0. The van der Waals surface area contributed by atoms with Gasteiger partial charge in [0.2, 0.25) is 0 Å². The van der Waals surface area contributed by atoms with Crippen LogP contribution < -0.4 is 5.32 Å². The van der Waals surface area contributed by atoms with E-state index in [-0.39, 0.29) is 0 Å². The van der Waals surface area contributed by atoms with Crippen LogP contribution in [0.3, 0.4) is 0 Å². The molecular formula is C10H13BrN2. The van der Waals surface area contributed by atoms with Crippen molar-refractivity contribution in [3.8, 4) is 0 Å². The second-order valence-corrected chi connectivity index (χ2v) is 4.32. The number of hydrogen-bond donors (Lipinski definition) is 1. The molecule has 1 N–H and O–H groups in total. The van der Waals surface area contributed by atoms with Crippen LogP contribution in [0.1, 0.15) is 19.3 Å². The molecule has 0 amide bonds. The highest BCUT2D eigenvalue weighted by Gasteiger charge is 2.20. The summed E-state index contributed by atoms with van der Waals surface area (Å²) in [6.45, 7) is 1.05. The zero-order valence-corrected chi connectivity index (χ0v) is 9.05. The Balaban J connectivity index is 1.79. The van der Waals surface area contributed by atoms with Crippen LogP contribution >= 0.6 is 15.9 Å². The van der Waals surface area contributed by atoms with Crippen molar-refractivity contribution in [1.82, 2.24) is 4.98 Å². The number of rotatable bonds is 4. The molecular weight excluding hydrogens is 228 g/mol. The summed E-state index contributed by atoms with van der Waals surface area (Å²) in [5, 5.41) is 3.32. The highest BCUT2D eigenvalue weighted by atomic mass is 79.9. The molecule has 2 rings (SSSR count). The molecule has 0 aromatic carbocycles. The summed E-state index contributed by atoms with van der Waals surface area (Å²) in [6, 6.07) is 5.93. The molecule has 1 saturated carbocycles. The van der Waals surface area contributed by atoms with E-state index in [9.17, 15) is 0 Å². The molecule has 1 aromatic heterocycles. The first-order valence-corrected chi connectivity index (χ1v) is 5.50. The number of nitrogens with zero attached hydrogens (tertiary/aromatic N) is 1. The third-order valence-corrected chi connectivity index (χ3v) is 2.71. The van der Waals surface area contributed by atoms with E-state index in [0.717, 1.165) is 22.9 Å². The molecule has 2 nitrogen and oxygen atoms in total. The van der Waals surface area contributed by atoms with Crippen molar-refractivity contribution in [3.05, 3.63) is 22.8 Å². The first-order chi connectivity index (χ1) is 6.34. The van der Waals surface area contributed by atoms with Crippen molar-refractivity contribution in [2.24, 2.45) is 5.92 Å². The predicted octanol–water partition coefficient (Wildman–Crippen LogP) is 3.06. The Hall–Kier alpha value is -0.570. The first-order valence-electron chi connectivity index (χ1n) is 4.71. The van der Waals surface area contributed by atoms with Crippen LogP contribution in [0.5, 0.6) is 0 Å². The molecule has 3 heteroatoms. The summed E-state index contributed by atoms with van der Waals surface area (Å²) in [5.41, 5.74) is 0. The van der Waals surface area contributed by atoms with Crippen molar-refractivity contribution >= 4 is 21.7 Å². The lowest BCUT2D eigenvalue weighted by atomic mass is 10.3. The Kier molecular flexibility index (Phi) is 2.83. The minimum atomic E-state index is 0.893. The van der Waals surface area contributed by atoms with Crippen LogP contribution in [-0.2, 0) is 0 Å². The Morgan fingerprint density at radius 1 is 1.46 bits per heavy atom. The lowest BCUT2D eigenvalue weighted by Crippen LogP contribution is -2.03. The van der Waals surface area contributed by atoms with Gasteiger partial charge in [-0.1, -0.05) is 18.9 Å². The lowest BCUT2D eigenvalue weighted by molar-refractivity contribution is 0.758. The number of anilines is 1. The highest BCUT2D eigenvalue weighted by molar-refractivity contribution is 9.10. The molecule has 1 fully saturated rings. The van der Waals surface area contributed by atoms with Crippen LogP contribution in [-0.4, -0.2) is 11.5 Å². The maximum atomic E-state index is 4.30. The van der Waals surface area contributed by atoms with Gasteiger partial charge in [0.05, 0.1) is 0 Å². The Labute approximate surface area is 86.9 Å². The van der Waals surface area contributed by atoms with E-state index in [4.69, 9.17) is 0 Å². The second-order valence-electron chi connectivity index (χ2n) is 3.50. The van der Waals surface area contributed by atoms with E-state index in [1.165, 1.54) is 19.3 Å². The van der Waals surface area contributed by atoms with Gasteiger partial charge in [-0.05, 0) is 40.4 Å². The largest absolute Gasteiger partial charge is 0.370 e. The lowest BCUT2D eigenvalue weighted by Gasteiger charge is -2.04. The van der Waals surface area contributed by atoms with Gasteiger partial charge in [0.1, 0.15) is 10.4 Å². The van der Waals surface area contributed by atoms with Crippen LogP contribution in [0.25, 0.3) is 0 Å². The van der Waals surface area contributed by atoms with Gasteiger partial charge in [-0.25, -0.2) is 4.98 Å². The predicted molar refractivity (Wildman–Crippen MR) is 57.8 cm³/mol. The normalized spacial score (nSPS) is 15.8. The average molecular weight is 241 g/mol. The SMILES string of the molecule is Brc1cccc(NCCC2CC2)n1. The van der Waals surface area contributed by atoms with Gasteiger partial charge in [-0.3, -0.25) is 0 Å². The maximum absolute atomic E-state index is 4.30. The van der Waals surface area contributed by atoms with E-state index in [1.54, 1.807) is 0 Å². The van der Waals surface area contributed by atoms with Gasteiger partial charge in [0.15, 0.2) is 0 Å². The van der Waals surface area contributed by atoms with Gasteiger partial charge in [0.25, 0.3) is 0 Å². The molecule has 0 radical (unpaired) electrons. The maximum Gasteiger partial charge on any atom is 0.127 e. The smallest absolute Gasteiger partial charge is 0.127 e. The highest BCUT2D eigenvalue weighted by Crippen LogP contribution is 2.32. The van der Waals surface area contributed by atoms with Crippen molar-refractivity contribution < 1.29 is 0 Å². The number of halogens is 1. The van der Waals surface area contributed by atoms with Crippen molar-refractivity contribution in [2.75, 3.05) is 11.9 Å². The van der Waals surface area contributed by atoms with Crippen molar-refractivity contribution in [2.45, 2.75) is 19.3 Å². The van der Waals surface area contributed by atoms with Gasteiger partial charge in [0, 0.05) is 6.54 Å². The van der Waals surface area contributed by atoms with E-state index in [0.29, 0.717) is 0 Å². The fraction of sp³-hybridized carbons (Fsp3) is 0.500. The molecule has 0 saturated heterocycles. The molecule has 13 heavy (non-hydrogen) atoms. The van der Waals surface area contributed by atoms with E-state index in [2.05, 4.69) is 26.2 Å². The molecule has 1 aliphatic carbocycles. The van der Waals surface area contributed by atoms with Gasteiger partial charge < -0.3 is 5.32 Å². The molecule has 0 spiro atoms. The summed E-state index contributed by atoms with van der Waals surface area (Å²) in [4.78, 5) is 4.30. The summed E-state index contributed by atoms with van der Waals surface area (Å²) >= 11 is 3.34. The minimum Gasteiger partial charge on any atom is -0.370 e. The standard InChI is InChI=1S/C10H13BrN2/c11-9-2-1-3-10(13-9)12-7-6-8-4-5-8/h1-3,8H,4-7H2,(H,12,13). The first kappa shape index (κ1) is 9.00. The van der Waals surface area contributed by atoms with E-state index >= 15 is 0 Å². The molecule has 0 unspecified atom stereocenters. The number of aromatic nitrogens is 1. The summed E-state index contributed by atoms with van der Waals surface area (Å²) < 4.78 is 0.893. The van der Waals surface area contributed by atoms with Gasteiger partial charge in [-0.2, -0.15) is 0 Å². The Morgan fingerprint density at radius 3 is 3.00 bits per heavy atom. The zero-order valence-electron chi connectivity index (χ0n) is 7.46. The minimum absolute atomic E-state index is 0.893. The van der Waals surface area contributed by atoms with Gasteiger partial charge in [-0.15, -0.1) is 0 Å². The van der Waals surface area contributed by atoms with Crippen LogP contribution in [0, 0.1) is 5.92 Å². The summed E-state index contributed by atoms with van der Waals surface area (Å²) in [5.74, 6) is 1.95. The molecule has 0 atom stereocenters. The fourth-order valence-corrected chi connectivity index (χ4v) is 1.66. The number of hydrogen-bond acceptors (Lipinski definition) is 2. The molecule has 1 heterocycles. The molecule has 0 aliphatic heterocycles.